The summed E-state index contributed by atoms with van der Waals surface area (Å²) in [5, 5.41) is 0. The molecule has 4 fully saturated rings. The van der Waals surface area contributed by atoms with Crippen LogP contribution in [-0.4, -0.2) is 31.5 Å². The molecule has 6 atom stereocenters. The fourth-order valence-electron chi connectivity index (χ4n) is 8.14. The smallest absolute Gasteiger partial charge is 0.370 e. The van der Waals surface area contributed by atoms with Crippen LogP contribution in [0, 0.1) is 36.3 Å². The van der Waals surface area contributed by atoms with E-state index < -0.39 is 0 Å². The van der Waals surface area contributed by atoms with Gasteiger partial charge in [0.25, 0.3) is 0 Å². The number of aromatic nitrogens is 4. The Morgan fingerprint density at radius 2 is 1.02 bits per heavy atom. The first-order valence-electron chi connectivity index (χ1n) is 16.5. The summed E-state index contributed by atoms with van der Waals surface area (Å²) < 4.78 is 0. The molecule has 0 radical (unpaired) electrons. The van der Waals surface area contributed by atoms with Gasteiger partial charge in [0.05, 0.1) is 6.42 Å². The summed E-state index contributed by atoms with van der Waals surface area (Å²) in [7, 11) is 0. The first kappa shape index (κ1) is 33.9. The second kappa shape index (κ2) is 15.9. The summed E-state index contributed by atoms with van der Waals surface area (Å²) in [6.07, 6.45) is 16.9. The summed E-state index contributed by atoms with van der Waals surface area (Å²) in [5.41, 5.74) is 6.75. The van der Waals surface area contributed by atoms with Gasteiger partial charge in [-0.05, 0) is 73.6 Å². The van der Waals surface area contributed by atoms with Gasteiger partial charge in [0.15, 0.2) is 0 Å². The largest absolute Gasteiger partial charge is 3.00 e. The van der Waals surface area contributed by atoms with Gasteiger partial charge in [0.2, 0.25) is 0 Å². The van der Waals surface area contributed by atoms with Crippen LogP contribution in [0.4, 0.5) is 0 Å². The molecule has 0 amide bonds. The summed E-state index contributed by atoms with van der Waals surface area (Å²) >= 11 is 0. The molecule has 2 aromatic carbocycles. The maximum absolute atomic E-state index is 10.0. The Morgan fingerprint density at radius 1 is 0.609 bits per heavy atom. The molecule has 6 unspecified atom stereocenters. The third-order valence-electron chi connectivity index (χ3n) is 10.1. The normalized spacial score (nSPS) is 25.0. The van der Waals surface area contributed by atoms with Crippen molar-refractivity contribution in [2.45, 2.75) is 83.5 Å². The van der Waals surface area contributed by atoms with Crippen LogP contribution in [0.1, 0.15) is 94.9 Å². The number of nitrogens with zero attached hydrogens (tertiary/aromatic N) is 4. The molecule has 238 valence electrons. The standard InChI is InChI=1S/2C17H17N2.C5H8O2.Ir/c2*1-2-4-13(5-3-1)16-10-17(19-11-18-16)15-9-12-6-7-14(15)8-12;1-4(6)3-5(2)7;/h2*1-5,10,12,14-15H,6-9H2;3H2,1-2H3;/q2*-1;;+3. The number of carbonyl (C=O) groups is 2. The third-order valence-corrected chi connectivity index (χ3v) is 10.1. The number of benzene rings is 2. The van der Waals surface area contributed by atoms with Crippen LogP contribution in [0.3, 0.4) is 0 Å². The number of hydrogen-bond acceptors (Lipinski definition) is 6. The van der Waals surface area contributed by atoms with Crippen molar-refractivity contribution in [2.24, 2.45) is 23.7 Å². The van der Waals surface area contributed by atoms with E-state index in [1.165, 1.54) is 76.6 Å². The van der Waals surface area contributed by atoms with E-state index in [0.29, 0.717) is 11.8 Å². The molecule has 8 rings (SSSR count). The molecule has 0 saturated heterocycles. The van der Waals surface area contributed by atoms with Crippen LogP contribution < -0.4 is 0 Å². The SMILES string of the molecule is CC(=O)CC(C)=O.[Ir+3].[c-]1nc(-c2ccccc2)cc(C2CC3CCC2C3)n1.[c-]1nc(-c2ccccc2)cc(C2CC3CCC2C3)n1. The minimum Gasteiger partial charge on any atom is -0.370 e. The molecule has 0 N–H and O–H groups in total. The van der Waals surface area contributed by atoms with Crippen molar-refractivity contribution in [3.8, 4) is 22.5 Å². The first-order chi connectivity index (χ1) is 21.9. The molecule has 2 aromatic heterocycles. The van der Waals surface area contributed by atoms with E-state index >= 15 is 0 Å². The van der Waals surface area contributed by atoms with E-state index in [-0.39, 0.29) is 38.1 Å². The van der Waals surface area contributed by atoms with Crippen molar-refractivity contribution in [3.05, 3.63) is 96.8 Å². The average Bonchev–Trinajstić information content (AvgIpc) is 3.89. The van der Waals surface area contributed by atoms with E-state index in [0.717, 1.165) is 46.2 Å². The monoisotopic (exact) mass is 791 g/mol. The second-order valence-electron chi connectivity index (χ2n) is 13.4. The Kier molecular flexibility index (Phi) is 11.8. The molecule has 4 aliphatic rings. The second-order valence-corrected chi connectivity index (χ2v) is 13.4. The summed E-state index contributed by atoms with van der Waals surface area (Å²) in [5.74, 6) is 4.80. The Bertz CT molecular complexity index is 1480. The van der Waals surface area contributed by atoms with E-state index in [4.69, 9.17) is 0 Å². The molecule has 7 heteroatoms. The van der Waals surface area contributed by atoms with E-state index in [1.54, 1.807) is 0 Å². The number of carbonyl (C=O) groups excluding carboxylic acids is 2. The topological polar surface area (TPSA) is 85.7 Å². The Balaban J connectivity index is 0.000000149. The van der Waals surface area contributed by atoms with Gasteiger partial charge in [-0.2, -0.15) is 0 Å². The first-order valence-corrected chi connectivity index (χ1v) is 16.5. The van der Waals surface area contributed by atoms with Crippen molar-refractivity contribution in [2.75, 3.05) is 0 Å². The van der Waals surface area contributed by atoms with Crippen LogP contribution in [-0.2, 0) is 29.7 Å². The zero-order valence-corrected chi connectivity index (χ0v) is 29.1. The fraction of sp³-hybridized carbons (Fsp3) is 0.436. The molecule has 0 spiro atoms. The van der Waals surface area contributed by atoms with Crippen molar-refractivity contribution in [1.82, 2.24) is 19.9 Å². The third kappa shape index (κ3) is 8.48. The van der Waals surface area contributed by atoms with Gasteiger partial charge in [0, 0.05) is 12.7 Å². The molecule has 2 heterocycles. The predicted octanol–water partition coefficient (Wildman–Crippen LogP) is 8.25. The van der Waals surface area contributed by atoms with E-state index in [2.05, 4.69) is 93.3 Å². The van der Waals surface area contributed by atoms with Crippen molar-refractivity contribution in [3.63, 3.8) is 0 Å². The molecule has 4 saturated carbocycles. The van der Waals surface area contributed by atoms with Crippen LogP contribution in [0.2, 0.25) is 0 Å². The van der Waals surface area contributed by atoms with Crippen molar-refractivity contribution in [1.29, 1.82) is 0 Å². The van der Waals surface area contributed by atoms with Crippen molar-refractivity contribution < 1.29 is 29.7 Å². The fourth-order valence-corrected chi connectivity index (χ4v) is 8.14. The van der Waals surface area contributed by atoms with Gasteiger partial charge < -0.3 is 19.9 Å². The minimum absolute atomic E-state index is 0. The van der Waals surface area contributed by atoms with Gasteiger partial charge in [0.1, 0.15) is 11.6 Å². The number of Topliss-reactive ketones (excluding diaryl/α,β-unsaturated/α-hetero) is 2. The summed E-state index contributed by atoms with van der Waals surface area (Å²) in [4.78, 5) is 37.5. The number of fused-ring (bicyclic) bond motifs is 4. The summed E-state index contributed by atoms with van der Waals surface area (Å²) in [6.45, 7) is 2.81. The minimum atomic E-state index is -0.0625. The molecule has 4 bridgehead atoms. The van der Waals surface area contributed by atoms with Gasteiger partial charge in [-0.3, -0.25) is 9.59 Å². The molecular formula is C39H42IrN4O2+. The molecule has 4 aliphatic carbocycles. The van der Waals surface area contributed by atoms with Gasteiger partial charge in [-0.15, -0.1) is 12.1 Å². The maximum atomic E-state index is 10.0. The molecule has 4 aromatic rings. The number of rotatable bonds is 6. The zero-order chi connectivity index (χ0) is 31.2. The average molecular weight is 791 g/mol. The Morgan fingerprint density at radius 3 is 1.33 bits per heavy atom. The van der Waals surface area contributed by atoms with E-state index in [1.807, 2.05) is 12.1 Å². The zero-order valence-electron chi connectivity index (χ0n) is 26.7. The maximum Gasteiger partial charge on any atom is 3.00 e. The molecule has 0 aliphatic heterocycles. The Labute approximate surface area is 286 Å². The van der Waals surface area contributed by atoms with Crippen LogP contribution >= 0.6 is 0 Å². The van der Waals surface area contributed by atoms with Crippen molar-refractivity contribution >= 4 is 11.6 Å². The molecular weight excluding hydrogens is 749 g/mol. The quantitative estimate of drug-likeness (QED) is 0.145. The predicted molar refractivity (Wildman–Crippen MR) is 175 cm³/mol. The van der Waals surface area contributed by atoms with Crippen LogP contribution in [0.15, 0.2) is 72.8 Å². The van der Waals surface area contributed by atoms with E-state index in [9.17, 15) is 9.59 Å². The van der Waals surface area contributed by atoms with Crippen LogP contribution in [0.25, 0.3) is 22.5 Å². The molecule has 6 nitrogen and oxygen atoms in total. The number of hydrogen-bond donors (Lipinski definition) is 0. The summed E-state index contributed by atoms with van der Waals surface area (Å²) in [6, 6.07) is 25.0. The van der Waals surface area contributed by atoms with Gasteiger partial charge >= 0.3 is 20.1 Å². The Hall–Kier alpha value is -3.41. The van der Waals surface area contributed by atoms with Crippen LogP contribution in [0.5, 0.6) is 0 Å². The van der Waals surface area contributed by atoms with Gasteiger partial charge in [-0.25, -0.2) is 0 Å². The van der Waals surface area contributed by atoms with Gasteiger partial charge in [-0.1, -0.05) is 122 Å². The molecule has 46 heavy (non-hydrogen) atoms. The number of ketones is 2.